The molecule has 0 fully saturated rings. The molecule has 0 saturated heterocycles. The summed E-state index contributed by atoms with van der Waals surface area (Å²) < 4.78 is 4.43. The Labute approximate surface area is 114 Å². The third-order valence-electron chi connectivity index (χ3n) is 2.79. The highest BCUT2D eigenvalue weighted by molar-refractivity contribution is 9.10. The minimum atomic E-state index is -0.233. The molecule has 0 aliphatic carbocycles. The van der Waals surface area contributed by atoms with Crippen LogP contribution in [0.1, 0.15) is 24.0 Å². The molecule has 0 spiro atoms. The fraction of sp³-hybridized carbons (Fsp3) is 0.417. The third kappa shape index (κ3) is 2.38. The van der Waals surface area contributed by atoms with Gasteiger partial charge in [-0.1, -0.05) is 0 Å². The van der Waals surface area contributed by atoms with E-state index in [0.717, 1.165) is 28.1 Å². The molecule has 0 atom stereocenters. The highest BCUT2D eigenvalue weighted by Crippen LogP contribution is 2.21. The first-order valence-electron chi connectivity index (χ1n) is 5.78. The molecule has 0 aliphatic heterocycles. The Hall–Kier alpha value is -1.43. The topological polar surface area (TPSA) is 52.7 Å². The van der Waals surface area contributed by atoms with Crippen LogP contribution in [-0.4, -0.2) is 19.3 Å². The van der Waals surface area contributed by atoms with Gasteiger partial charge >= 0.3 is 5.69 Å². The van der Waals surface area contributed by atoms with Gasteiger partial charge in [-0.2, -0.15) is 10.1 Å². The first kappa shape index (κ1) is 13.0. The molecule has 0 N–H and O–H groups in total. The maximum atomic E-state index is 11.8. The summed E-state index contributed by atoms with van der Waals surface area (Å²) in [5.41, 5.74) is 2.42. The Balaban J connectivity index is 2.42. The number of nitrogens with zero attached hydrogens (tertiary/aromatic N) is 4. The van der Waals surface area contributed by atoms with E-state index in [1.165, 1.54) is 0 Å². The van der Waals surface area contributed by atoms with Gasteiger partial charge in [0.05, 0.1) is 22.4 Å². The Morgan fingerprint density at radius 3 is 2.72 bits per heavy atom. The number of halogens is 1. The van der Waals surface area contributed by atoms with E-state index in [4.69, 9.17) is 0 Å². The highest BCUT2D eigenvalue weighted by atomic mass is 79.9. The number of aryl methyl sites for hydroxylation is 3. The van der Waals surface area contributed by atoms with Crippen LogP contribution in [0.25, 0.3) is 0 Å². The second-order valence-electron chi connectivity index (χ2n) is 4.14. The summed E-state index contributed by atoms with van der Waals surface area (Å²) in [7, 11) is 0. The zero-order chi connectivity index (χ0) is 13.3. The van der Waals surface area contributed by atoms with Crippen molar-refractivity contribution in [2.75, 3.05) is 0 Å². The SMILES string of the molecule is CCn1nc(C)c(Br)c1Cn1ccc(C)nc1=O. The Kier molecular flexibility index (Phi) is 3.65. The first-order valence-corrected chi connectivity index (χ1v) is 6.58. The van der Waals surface area contributed by atoms with Crippen LogP contribution < -0.4 is 5.69 Å². The van der Waals surface area contributed by atoms with E-state index in [1.54, 1.807) is 10.8 Å². The average molecular weight is 311 g/mol. The van der Waals surface area contributed by atoms with Crippen LogP contribution in [0, 0.1) is 13.8 Å². The molecule has 5 nitrogen and oxygen atoms in total. The van der Waals surface area contributed by atoms with Crippen LogP contribution in [0.3, 0.4) is 0 Å². The summed E-state index contributed by atoms with van der Waals surface area (Å²) in [6, 6.07) is 1.83. The van der Waals surface area contributed by atoms with Crippen LogP contribution in [0.2, 0.25) is 0 Å². The van der Waals surface area contributed by atoms with Crippen molar-refractivity contribution in [3.63, 3.8) is 0 Å². The van der Waals surface area contributed by atoms with E-state index in [-0.39, 0.29) is 5.69 Å². The van der Waals surface area contributed by atoms with Gasteiger partial charge in [-0.25, -0.2) is 4.79 Å². The Morgan fingerprint density at radius 2 is 2.11 bits per heavy atom. The van der Waals surface area contributed by atoms with E-state index < -0.39 is 0 Å². The lowest BCUT2D eigenvalue weighted by atomic mass is 10.3. The maximum Gasteiger partial charge on any atom is 0.348 e. The normalized spacial score (nSPS) is 10.9. The molecule has 2 heterocycles. The molecule has 0 radical (unpaired) electrons. The maximum absolute atomic E-state index is 11.8. The number of hydrogen-bond acceptors (Lipinski definition) is 3. The lowest BCUT2D eigenvalue weighted by Crippen LogP contribution is -2.24. The number of hydrogen-bond donors (Lipinski definition) is 0. The van der Waals surface area contributed by atoms with Crippen molar-refractivity contribution in [1.29, 1.82) is 0 Å². The molecule has 0 amide bonds. The van der Waals surface area contributed by atoms with Crippen molar-refractivity contribution in [3.05, 3.63) is 44.3 Å². The quantitative estimate of drug-likeness (QED) is 0.870. The predicted molar refractivity (Wildman–Crippen MR) is 72.7 cm³/mol. The van der Waals surface area contributed by atoms with Crippen molar-refractivity contribution in [3.8, 4) is 0 Å². The average Bonchev–Trinajstić information content (AvgIpc) is 2.60. The molecule has 2 aromatic heterocycles. The largest absolute Gasteiger partial charge is 0.348 e. The summed E-state index contributed by atoms with van der Waals surface area (Å²) in [6.07, 6.45) is 1.76. The molecule has 6 heteroatoms. The minimum absolute atomic E-state index is 0.233. The summed E-state index contributed by atoms with van der Waals surface area (Å²) >= 11 is 3.52. The fourth-order valence-electron chi connectivity index (χ4n) is 1.82. The van der Waals surface area contributed by atoms with E-state index in [2.05, 4.69) is 26.0 Å². The second kappa shape index (κ2) is 5.06. The zero-order valence-corrected chi connectivity index (χ0v) is 12.2. The smallest absolute Gasteiger partial charge is 0.293 e. The molecule has 18 heavy (non-hydrogen) atoms. The Bertz CT molecular complexity index is 629. The lowest BCUT2D eigenvalue weighted by molar-refractivity contribution is 0.585. The van der Waals surface area contributed by atoms with E-state index in [9.17, 15) is 4.79 Å². The van der Waals surface area contributed by atoms with Crippen LogP contribution in [0.5, 0.6) is 0 Å². The Morgan fingerprint density at radius 1 is 1.39 bits per heavy atom. The van der Waals surface area contributed by atoms with Crippen LogP contribution in [0.4, 0.5) is 0 Å². The monoisotopic (exact) mass is 310 g/mol. The zero-order valence-electron chi connectivity index (χ0n) is 10.6. The fourth-order valence-corrected chi connectivity index (χ4v) is 2.23. The lowest BCUT2D eigenvalue weighted by Gasteiger charge is -2.08. The molecule has 0 aliphatic rings. The van der Waals surface area contributed by atoms with Gasteiger partial charge in [-0.3, -0.25) is 9.25 Å². The summed E-state index contributed by atoms with van der Waals surface area (Å²) in [6.45, 7) is 7.02. The highest BCUT2D eigenvalue weighted by Gasteiger charge is 2.13. The molecule has 0 bridgehead atoms. The van der Waals surface area contributed by atoms with Gasteiger partial charge in [0.1, 0.15) is 0 Å². The minimum Gasteiger partial charge on any atom is -0.293 e. The van der Waals surface area contributed by atoms with Crippen molar-refractivity contribution < 1.29 is 0 Å². The van der Waals surface area contributed by atoms with Gasteiger partial charge in [0.2, 0.25) is 0 Å². The van der Waals surface area contributed by atoms with Gasteiger partial charge in [0.15, 0.2) is 0 Å². The van der Waals surface area contributed by atoms with Crippen molar-refractivity contribution in [1.82, 2.24) is 19.3 Å². The van der Waals surface area contributed by atoms with Gasteiger partial charge in [-0.05, 0) is 42.8 Å². The van der Waals surface area contributed by atoms with Gasteiger partial charge in [0, 0.05) is 18.4 Å². The van der Waals surface area contributed by atoms with E-state index >= 15 is 0 Å². The van der Waals surface area contributed by atoms with E-state index in [1.807, 2.05) is 31.5 Å². The molecule has 0 aromatic carbocycles. The molecule has 2 aromatic rings. The number of aromatic nitrogens is 4. The number of rotatable bonds is 3. The molecular weight excluding hydrogens is 296 g/mol. The van der Waals surface area contributed by atoms with Crippen molar-refractivity contribution >= 4 is 15.9 Å². The standard InChI is InChI=1S/C12H15BrN4O/c1-4-17-10(11(13)9(3)15-17)7-16-6-5-8(2)14-12(16)18/h5-6H,4,7H2,1-3H3. The van der Waals surface area contributed by atoms with E-state index in [0.29, 0.717) is 6.54 Å². The van der Waals surface area contributed by atoms with Crippen molar-refractivity contribution in [2.45, 2.75) is 33.9 Å². The summed E-state index contributed by atoms with van der Waals surface area (Å²) in [4.78, 5) is 15.7. The summed E-state index contributed by atoms with van der Waals surface area (Å²) in [5, 5.41) is 4.41. The molecule has 96 valence electrons. The third-order valence-corrected chi connectivity index (χ3v) is 3.82. The van der Waals surface area contributed by atoms with Crippen molar-refractivity contribution in [2.24, 2.45) is 0 Å². The second-order valence-corrected chi connectivity index (χ2v) is 4.93. The molecule has 2 rings (SSSR count). The van der Waals surface area contributed by atoms with Crippen LogP contribution in [-0.2, 0) is 13.1 Å². The first-order chi connectivity index (χ1) is 8.52. The van der Waals surface area contributed by atoms with Crippen LogP contribution in [0.15, 0.2) is 21.5 Å². The van der Waals surface area contributed by atoms with Gasteiger partial charge in [-0.15, -0.1) is 0 Å². The molecule has 0 saturated carbocycles. The molecular formula is C12H15BrN4O. The van der Waals surface area contributed by atoms with Gasteiger partial charge in [0.25, 0.3) is 0 Å². The van der Waals surface area contributed by atoms with Gasteiger partial charge < -0.3 is 0 Å². The predicted octanol–water partition coefficient (Wildman–Crippen LogP) is 1.89. The summed E-state index contributed by atoms with van der Waals surface area (Å²) in [5.74, 6) is 0. The van der Waals surface area contributed by atoms with Crippen LogP contribution >= 0.6 is 15.9 Å². The molecule has 0 unspecified atom stereocenters.